The van der Waals surface area contributed by atoms with Crippen LogP contribution >= 0.6 is 0 Å². The first-order valence-corrected chi connectivity index (χ1v) is 6.64. The quantitative estimate of drug-likeness (QED) is 0.841. The van der Waals surface area contributed by atoms with E-state index < -0.39 is 35.3 Å². The van der Waals surface area contributed by atoms with E-state index in [4.69, 9.17) is 0 Å². The van der Waals surface area contributed by atoms with Crippen molar-refractivity contribution in [2.75, 3.05) is 5.32 Å². The fraction of sp³-hybridized carbons (Fsp3) is 0.333. The van der Waals surface area contributed by atoms with Gasteiger partial charge in [0.2, 0.25) is 5.91 Å². The lowest BCUT2D eigenvalue weighted by Gasteiger charge is -2.23. The predicted octanol–water partition coefficient (Wildman–Crippen LogP) is 2.43. The van der Waals surface area contributed by atoms with Crippen LogP contribution in [0.15, 0.2) is 30.4 Å². The second kappa shape index (κ2) is 4.95. The van der Waals surface area contributed by atoms with E-state index in [0.29, 0.717) is 6.42 Å². The molecule has 1 amide bonds. The second-order valence-electron chi connectivity index (χ2n) is 5.45. The molecule has 0 radical (unpaired) electrons. The number of carboxylic acids is 1. The average Bonchev–Trinajstić information content (AvgIpc) is 3.03. The lowest BCUT2D eigenvalue weighted by molar-refractivity contribution is -0.146. The van der Waals surface area contributed by atoms with Gasteiger partial charge in [0.15, 0.2) is 0 Å². The smallest absolute Gasteiger partial charge is 0.307 e. The van der Waals surface area contributed by atoms with Crippen LogP contribution < -0.4 is 5.32 Å². The van der Waals surface area contributed by atoms with Gasteiger partial charge in [-0.3, -0.25) is 9.59 Å². The van der Waals surface area contributed by atoms with E-state index in [-0.39, 0.29) is 17.5 Å². The Morgan fingerprint density at radius 3 is 2.48 bits per heavy atom. The molecule has 0 saturated heterocycles. The van der Waals surface area contributed by atoms with Crippen molar-refractivity contribution in [3.8, 4) is 0 Å². The maximum Gasteiger partial charge on any atom is 0.307 e. The molecule has 1 aromatic rings. The Kier molecular flexibility index (Phi) is 3.23. The SMILES string of the molecule is O=C(Nc1cc(F)ccc1F)[C@@H]1[C@H](C(=O)O)[C@H]2C=C[C@H]1C2. The van der Waals surface area contributed by atoms with E-state index in [1.165, 1.54) is 0 Å². The lowest BCUT2D eigenvalue weighted by atomic mass is 9.82. The Balaban J connectivity index is 1.83. The molecule has 1 saturated carbocycles. The molecule has 1 aromatic carbocycles. The topological polar surface area (TPSA) is 66.4 Å². The van der Waals surface area contributed by atoms with Gasteiger partial charge in [-0.1, -0.05) is 12.2 Å². The van der Waals surface area contributed by atoms with Gasteiger partial charge in [0.25, 0.3) is 0 Å². The summed E-state index contributed by atoms with van der Waals surface area (Å²) in [5.41, 5.74) is -0.268. The maximum absolute atomic E-state index is 13.5. The average molecular weight is 293 g/mol. The molecule has 6 heteroatoms. The molecule has 4 atom stereocenters. The highest BCUT2D eigenvalue weighted by Crippen LogP contribution is 2.48. The Morgan fingerprint density at radius 2 is 1.81 bits per heavy atom. The van der Waals surface area contributed by atoms with E-state index in [1.807, 2.05) is 12.2 Å². The van der Waals surface area contributed by atoms with Crippen molar-refractivity contribution in [3.63, 3.8) is 0 Å². The number of rotatable bonds is 3. The number of benzene rings is 1. The standard InChI is InChI=1S/C15H13F2NO3/c16-9-3-4-10(17)11(6-9)18-14(19)12-7-1-2-8(5-7)13(12)15(20)21/h1-4,6-8,12-13H,5H2,(H,18,19)(H,20,21)/t7-,8-,12-,13+/m0/s1. The Labute approximate surface area is 119 Å². The van der Waals surface area contributed by atoms with Crippen LogP contribution in [0.4, 0.5) is 14.5 Å². The number of hydrogen-bond acceptors (Lipinski definition) is 2. The van der Waals surface area contributed by atoms with Gasteiger partial charge >= 0.3 is 5.97 Å². The molecule has 0 aliphatic heterocycles. The summed E-state index contributed by atoms with van der Waals surface area (Å²) in [4.78, 5) is 23.6. The van der Waals surface area contributed by atoms with Crippen LogP contribution in [-0.4, -0.2) is 17.0 Å². The molecule has 110 valence electrons. The van der Waals surface area contributed by atoms with Gasteiger partial charge in [-0.25, -0.2) is 8.78 Å². The highest BCUT2D eigenvalue weighted by atomic mass is 19.1. The summed E-state index contributed by atoms with van der Waals surface area (Å²) >= 11 is 0. The number of nitrogens with one attached hydrogen (secondary N) is 1. The van der Waals surface area contributed by atoms with Crippen LogP contribution in [0.25, 0.3) is 0 Å². The van der Waals surface area contributed by atoms with Crippen molar-refractivity contribution in [1.29, 1.82) is 0 Å². The summed E-state index contributed by atoms with van der Waals surface area (Å²) in [7, 11) is 0. The Bertz CT molecular complexity index is 644. The molecular formula is C15H13F2NO3. The van der Waals surface area contributed by atoms with Gasteiger partial charge in [0, 0.05) is 6.07 Å². The second-order valence-corrected chi connectivity index (χ2v) is 5.45. The van der Waals surface area contributed by atoms with Crippen LogP contribution in [0, 0.1) is 35.3 Å². The third-order valence-electron chi connectivity index (χ3n) is 4.23. The first-order chi connectivity index (χ1) is 9.97. The van der Waals surface area contributed by atoms with Crippen LogP contribution in [-0.2, 0) is 9.59 Å². The number of allylic oxidation sites excluding steroid dienone is 2. The van der Waals surface area contributed by atoms with Gasteiger partial charge < -0.3 is 10.4 Å². The molecule has 0 spiro atoms. The van der Waals surface area contributed by atoms with E-state index in [9.17, 15) is 23.5 Å². The van der Waals surface area contributed by atoms with Gasteiger partial charge in [-0.15, -0.1) is 0 Å². The molecule has 0 unspecified atom stereocenters. The maximum atomic E-state index is 13.5. The van der Waals surface area contributed by atoms with Crippen LogP contribution in [0.1, 0.15) is 6.42 Å². The molecule has 4 nitrogen and oxygen atoms in total. The van der Waals surface area contributed by atoms with E-state index in [1.54, 1.807) is 0 Å². The van der Waals surface area contributed by atoms with E-state index in [2.05, 4.69) is 5.32 Å². The van der Waals surface area contributed by atoms with Crippen LogP contribution in [0.2, 0.25) is 0 Å². The summed E-state index contributed by atoms with van der Waals surface area (Å²) in [6, 6.07) is 2.75. The number of carbonyl (C=O) groups excluding carboxylic acids is 1. The number of carbonyl (C=O) groups is 2. The van der Waals surface area contributed by atoms with Gasteiger partial charge in [-0.05, 0) is 30.4 Å². The Hall–Kier alpha value is -2.24. The van der Waals surface area contributed by atoms with E-state index in [0.717, 1.165) is 18.2 Å². The molecule has 1 fully saturated rings. The molecule has 0 heterocycles. The van der Waals surface area contributed by atoms with Gasteiger partial charge in [0.1, 0.15) is 11.6 Å². The summed E-state index contributed by atoms with van der Waals surface area (Å²) < 4.78 is 26.7. The normalized spacial score (nSPS) is 29.6. The zero-order valence-electron chi connectivity index (χ0n) is 10.9. The molecule has 2 bridgehead atoms. The number of anilines is 1. The van der Waals surface area contributed by atoms with Crippen molar-refractivity contribution < 1.29 is 23.5 Å². The molecule has 3 rings (SSSR count). The predicted molar refractivity (Wildman–Crippen MR) is 70.3 cm³/mol. The molecule has 2 N–H and O–H groups in total. The number of amides is 1. The Morgan fingerprint density at radius 1 is 1.14 bits per heavy atom. The molecule has 21 heavy (non-hydrogen) atoms. The van der Waals surface area contributed by atoms with Crippen molar-refractivity contribution >= 4 is 17.6 Å². The zero-order chi connectivity index (χ0) is 15.1. The summed E-state index contributed by atoms with van der Waals surface area (Å²) in [6.07, 6.45) is 4.26. The van der Waals surface area contributed by atoms with E-state index >= 15 is 0 Å². The summed E-state index contributed by atoms with van der Waals surface area (Å²) in [5.74, 6) is -4.93. The number of carboxylic acid groups (broad SMARTS) is 1. The van der Waals surface area contributed by atoms with Crippen molar-refractivity contribution in [2.45, 2.75) is 6.42 Å². The monoisotopic (exact) mass is 293 g/mol. The fourth-order valence-electron chi connectivity index (χ4n) is 3.33. The molecule has 0 aromatic heterocycles. The first-order valence-electron chi connectivity index (χ1n) is 6.64. The summed E-state index contributed by atoms with van der Waals surface area (Å²) in [5, 5.41) is 11.6. The molecule has 2 aliphatic carbocycles. The van der Waals surface area contributed by atoms with Crippen LogP contribution in [0.3, 0.4) is 0 Å². The van der Waals surface area contributed by atoms with Crippen molar-refractivity contribution in [3.05, 3.63) is 42.0 Å². The first kappa shape index (κ1) is 13.7. The number of hydrogen-bond donors (Lipinski definition) is 2. The lowest BCUT2D eigenvalue weighted by Crippen LogP contribution is -2.36. The minimum atomic E-state index is -1.04. The van der Waals surface area contributed by atoms with Crippen LogP contribution in [0.5, 0.6) is 0 Å². The number of fused-ring (bicyclic) bond motifs is 2. The number of aliphatic carboxylic acids is 1. The van der Waals surface area contributed by atoms with Crippen molar-refractivity contribution in [2.24, 2.45) is 23.7 Å². The molecular weight excluding hydrogens is 280 g/mol. The minimum absolute atomic E-state index is 0.160. The largest absolute Gasteiger partial charge is 0.481 e. The fourth-order valence-corrected chi connectivity index (χ4v) is 3.33. The number of halogens is 2. The third-order valence-corrected chi connectivity index (χ3v) is 4.23. The minimum Gasteiger partial charge on any atom is -0.481 e. The van der Waals surface area contributed by atoms with Gasteiger partial charge in [0.05, 0.1) is 17.5 Å². The highest BCUT2D eigenvalue weighted by Gasteiger charge is 2.51. The van der Waals surface area contributed by atoms with Crippen molar-refractivity contribution in [1.82, 2.24) is 0 Å². The third kappa shape index (κ3) is 2.30. The molecule has 2 aliphatic rings. The zero-order valence-corrected chi connectivity index (χ0v) is 10.9. The van der Waals surface area contributed by atoms with Gasteiger partial charge in [-0.2, -0.15) is 0 Å². The highest BCUT2D eigenvalue weighted by molar-refractivity contribution is 5.96. The summed E-state index contributed by atoms with van der Waals surface area (Å²) in [6.45, 7) is 0.